The first kappa shape index (κ1) is 43.9. The summed E-state index contributed by atoms with van der Waals surface area (Å²) in [4.78, 5) is 36.8. The first-order valence-electron chi connectivity index (χ1n) is 15.5. The van der Waals surface area contributed by atoms with Crippen LogP contribution in [0.4, 0.5) is 16.5 Å². The Morgan fingerprint density at radius 3 is 2.23 bits per heavy atom. The van der Waals surface area contributed by atoms with Gasteiger partial charge >= 0.3 is 11.9 Å². The van der Waals surface area contributed by atoms with E-state index < -0.39 is 17.9 Å². The highest BCUT2D eigenvalue weighted by Gasteiger charge is 2.13. The summed E-state index contributed by atoms with van der Waals surface area (Å²) in [6.07, 6.45) is 2.76. The molecule has 0 aliphatic rings. The summed E-state index contributed by atoms with van der Waals surface area (Å²) in [7, 11) is 2.65. The van der Waals surface area contributed by atoms with Gasteiger partial charge in [-0.05, 0) is 60.3 Å². The van der Waals surface area contributed by atoms with Gasteiger partial charge in [0.1, 0.15) is 11.2 Å². The van der Waals surface area contributed by atoms with Crippen molar-refractivity contribution >= 4 is 104 Å². The van der Waals surface area contributed by atoms with E-state index in [0.717, 1.165) is 41.4 Å². The number of H-pyrrole nitrogens is 1. The quantitative estimate of drug-likeness (QED) is 0.0194. The number of aromatic nitrogens is 4. The number of aliphatic carboxylic acids is 1. The van der Waals surface area contributed by atoms with Crippen LogP contribution in [0, 0.1) is 21.5 Å². The molecule has 2 aromatic heterocycles. The third-order valence-electron chi connectivity index (χ3n) is 6.84. The fraction of sp³-hybridized carbons (Fsp3) is 0.0833. The van der Waals surface area contributed by atoms with Gasteiger partial charge in [0.15, 0.2) is 5.82 Å². The number of nitrogens with zero attached hydrogens (tertiary/aromatic N) is 4. The highest BCUT2D eigenvalue weighted by atomic mass is 35.5. The van der Waals surface area contributed by atoms with Gasteiger partial charge in [-0.3, -0.25) is 15.3 Å². The van der Waals surface area contributed by atoms with Crippen LogP contribution < -0.4 is 16.8 Å². The van der Waals surface area contributed by atoms with Crippen molar-refractivity contribution < 1.29 is 29.0 Å². The molecule has 56 heavy (non-hydrogen) atoms. The minimum Gasteiger partial charge on any atom is -0.481 e. The number of anilines is 3. The summed E-state index contributed by atoms with van der Waals surface area (Å²) in [5.74, 6) is -1.21. The van der Waals surface area contributed by atoms with E-state index in [1.165, 1.54) is 31.8 Å². The molecule has 2 heterocycles. The number of rotatable bonds is 8. The minimum atomic E-state index is -0.833. The Bertz CT molecular complexity index is 2410. The molecule has 0 aliphatic heterocycles. The van der Waals surface area contributed by atoms with Crippen molar-refractivity contribution in [2.75, 3.05) is 25.3 Å². The van der Waals surface area contributed by atoms with Gasteiger partial charge in [0.2, 0.25) is 5.13 Å². The number of carboxylic acids is 1. The number of hydrogen-bond acceptors (Lipinski definition) is 15. The predicted molar refractivity (Wildman–Crippen MR) is 218 cm³/mol. The summed E-state index contributed by atoms with van der Waals surface area (Å²) in [6, 6.07) is 20.5. The van der Waals surface area contributed by atoms with Crippen LogP contribution in [-0.4, -0.2) is 68.8 Å². The summed E-state index contributed by atoms with van der Waals surface area (Å²) >= 11 is 14.5. The molecule has 0 fully saturated rings. The maximum Gasteiger partial charge on any atom is 0.337 e. The van der Waals surface area contributed by atoms with E-state index in [-0.39, 0.29) is 5.84 Å². The normalized spacial score (nSPS) is 9.79. The van der Waals surface area contributed by atoms with Crippen molar-refractivity contribution in [2.45, 2.75) is 11.8 Å². The molecular formula is C36H32Cl2N10O6S2. The van der Waals surface area contributed by atoms with Crippen LogP contribution in [-0.2, 0) is 14.3 Å². The number of aromatic amines is 1. The molecule has 0 radical (unpaired) electrons. The average Bonchev–Trinajstić information content (AvgIpc) is 3.88. The number of esters is 2. The number of carboxylic acid groups (broad SMARTS) is 1. The van der Waals surface area contributed by atoms with Crippen molar-refractivity contribution in [3.63, 3.8) is 0 Å². The molecule has 0 aliphatic carbocycles. The summed E-state index contributed by atoms with van der Waals surface area (Å²) in [5.41, 5.74) is 15.4. The molecule has 0 saturated heterocycles. The van der Waals surface area contributed by atoms with E-state index in [1.54, 1.807) is 54.7 Å². The lowest BCUT2D eigenvalue weighted by atomic mass is 10.1. The highest BCUT2D eigenvalue weighted by Crippen LogP contribution is 2.34. The molecule has 288 valence electrons. The first-order chi connectivity index (χ1) is 26.7. The zero-order chi connectivity index (χ0) is 41.4. The number of nitrogen functional groups attached to an aromatic ring is 2. The van der Waals surface area contributed by atoms with Crippen molar-refractivity contribution in [3.05, 3.63) is 111 Å². The van der Waals surface area contributed by atoms with Gasteiger partial charge in [0.05, 0.1) is 52.8 Å². The Hall–Kier alpha value is -6.52. The van der Waals surface area contributed by atoms with Gasteiger partial charge in [-0.2, -0.15) is 19.7 Å². The van der Waals surface area contributed by atoms with Gasteiger partial charge in [0, 0.05) is 57.3 Å². The molecule has 6 aromatic rings. The zero-order valence-electron chi connectivity index (χ0n) is 29.6. The maximum absolute atomic E-state index is 11.7. The SMILES string of the molecule is CC(=O)O.COC(=O)c1cccc(-c2nsc(Nc3ccc4[nH]ncc4c3Cl)n2)c1.COC(=O)c1cccc(C(=N)N)c1.N#CSc1ccc(N)c(C=N)c1Cl. The molecule has 0 spiro atoms. The lowest BCUT2D eigenvalue weighted by molar-refractivity contribution is -0.134. The standard InChI is InChI=1S/C17H12ClN5O2S.C9H10N2O2.C8H6ClN3S.C2H4O2/c1-25-16(24)10-4-2-3-9(7-10)15-21-17(26-23-15)20-13-6-5-12-11(14(13)18)8-19-22-12;1-13-9(12)7-4-2-3-6(5-7)8(10)11;9-8-5(3-10)6(12)1-2-7(8)13-4-11;1-2(3)4/h2-8H,1H3,(H,19,22)(H,20,21,23);2-5H,1H3,(H3,10,11);1-3,10H,12H2;1H3,(H,3,4). The Balaban J connectivity index is 0.000000236. The van der Waals surface area contributed by atoms with Gasteiger partial charge in [-0.1, -0.05) is 47.5 Å². The van der Waals surface area contributed by atoms with Crippen LogP contribution >= 0.6 is 46.5 Å². The number of nitrogens with one attached hydrogen (secondary N) is 4. The third-order valence-corrected chi connectivity index (χ3v) is 9.05. The highest BCUT2D eigenvalue weighted by molar-refractivity contribution is 8.03. The fourth-order valence-electron chi connectivity index (χ4n) is 4.28. The largest absolute Gasteiger partial charge is 0.481 e. The van der Waals surface area contributed by atoms with E-state index in [4.69, 9.17) is 65.4 Å². The number of carbonyl (C=O) groups excluding carboxylic acids is 2. The van der Waals surface area contributed by atoms with Gasteiger partial charge < -0.3 is 36.8 Å². The number of carbonyl (C=O) groups is 3. The number of ether oxygens (including phenoxy) is 2. The van der Waals surface area contributed by atoms with Gasteiger partial charge in [0.25, 0.3) is 5.97 Å². The number of amidine groups is 1. The second-order valence-electron chi connectivity index (χ2n) is 10.6. The van der Waals surface area contributed by atoms with E-state index in [9.17, 15) is 9.59 Å². The zero-order valence-corrected chi connectivity index (χ0v) is 32.7. The summed E-state index contributed by atoms with van der Waals surface area (Å²) in [6.45, 7) is 1.08. The van der Waals surface area contributed by atoms with Crippen LogP contribution in [0.25, 0.3) is 22.3 Å². The molecule has 20 heteroatoms. The van der Waals surface area contributed by atoms with E-state index in [1.807, 2.05) is 23.6 Å². The number of fused-ring (bicyclic) bond motifs is 1. The van der Waals surface area contributed by atoms with E-state index in [0.29, 0.717) is 59.5 Å². The first-order valence-corrected chi connectivity index (χ1v) is 17.9. The Kier molecular flexibility index (Phi) is 16.8. The third kappa shape index (κ3) is 12.3. The number of nitriles is 1. The lowest BCUT2D eigenvalue weighted by Gasteiger charge is -2.05. The van der Waals surface area contributed by atoms with Crippen molar-refractivity contribution in [2.24, 2.45) is 5.73 Å². The molecule has 4 aromatic carbocycles. The molecular weight excluding hydrogens is 803 g/mol. The van der Waals surface area contributed by atoms with Gasteiger partial charge in [-0.15, -0.1) is 0 Å². The Morgan fingerprint density at radius 2 is 1.62 bits per heavy atom. The van der Waals surface area contributed by atoms with Crippen molar-refractivity contribution in [3.8, 4) is 16.8 Å². The Labute approximate surface area is 337 Å². The fourth-order valence-corrected chi connectivity index (χ4v) is 5.92. The second kappa shape index (κ2) is 21.4. The molecule has 0 amide bonds. The second-order valence-corrected chi connectivity index (χ2v) is 12.9. The summed E-state index contributed by atoms with van der Waals surface area (Å²) in [5, 5.41) is 44.4. The van der Waals surface area contributed by atoms with Gasteiger partial charge in [-0.25, -0.2) is 9.59 Å². The van der Waals surface area contributed by atoms with Crippen LogP contribution in [0.2, 0.25) is 10.0 Å². The molecule has 0 bridgehead atoms. The number of halogens is 2. The van der Waals surface area contributed by atoms with Crippen LogP contribution in [0.3, 0.4) is 0 Å². The number of hydrogen-bond donors (Lipinski definition) is 7. The molecule has 6 rings (SSSR count). The summed E-state index contributed by atoms with van der Waals surface area (Å²) < 4.78 is 13.6. The van der Waals surface area contributed by atoms with Crippen LogP contribution in [0.1, 0.15) is 38.8 Å². The minimum absolute atomic E-state index is 0.0641. The van der Waals surface area contributed by atoms with Crippen molar-refractivity contribution in [1.29, 1.82) is 16.1 Å². The number of nitrogens with two attached hydrogens (primary N) is 2. The average molecular weight is 836 g/mol. The van der Waals surface area contributed by atoms with E-state index >= 15 is 0 Å². The molecule has 0 atom stereocenters. The number of benzene rings is 4. The smallest absolute Gasteiger partial charge is 0.337 e. The monoisotopic (exact) mass is 834 g/mol. The Morgan fingerprint density at radius 1 is 1.00 bits per heavy atom. The number of thiocyanates is 1. The molecule has 0 saturated carbocycles. The van der Waals surface area contributed by atoms with Crippen LogP contribution in [0.5, 0.6) is 0 Å². The van der Waals surface area contributed by atoms with E-state index in [2.05, 4.69) is 29.6 Å². The lowest BCUT2D eigenvalue weighted by Crippen LogP contribution is -2.12. The molecule has 9 N–H and O–H groups in total. The topological polar surface area (TPSA) is 280 Å². The molecule has 16 nitrogen and oxygen atoms in total. The maximum atomic E-state index is 11.7. The van der Waals surface area contributed by atoms with Crippen LogP contribution in [0.15, 0.2) is 83.9 Å². The molecule has 0 unspecified atom stereocenters. The number of thioether (sulfide) groups is 1. The predicted octanol–water partition coefficient (Wildman–Crippen LogP) is 7.61. The number of methoxy groups -OCH3 is 2. The van der Waals surface area contributed by atoms with Crippen molar-refractivity contribution in [1.82, 2.24) is 19.6 Å².